The predicted octanol–water partition coefficient (Wildman–Crippen LogP) is 1.79. The largest absolute Gasteiger partial charge is 0.337 e. The van der Waals surface area contributed by atoms with Gasteiger partial charge in [0.15, 0.2) is 0 Å². The lowest BCUT2D eigenvalue weighted by molar-refractivity contribution is -0.136. The first-order chi connectivity index (χ1) is 8.09. The maximum Gasteiger partial charge on any atom is 0.242 e. The Morgan fingerprint density at radius 3 is 2.71 bits per heavy atom. The second-order valence-corrected chi connectivity index (χ2v) is 5.12. The minimum atomic E-state index is -0.439. The molecule has 1 amide bonds. The van der Waals surface area contributed by atoms with E-state index in [2.05, 4.69) is 17.4 Å². The Labute approximate surface area is 103 Å². The highest BCUT2D eigenvalue weighted by Crippen LogP contribution is 2.15. The Kier molecular flexibility index (Phi) is 3.48. The van der Waals surface area contributed by atoms with Crippen molar-refractivity contribution < 1.29 is 4.79 Å². The molecule has 3 heteroatoms. The lowest BCUT2D eigenvalue weighted by Crippen LogP contribution is -2.51. The van der Waals surface area contributed by atoms with Gasteiger partial charge in [0, 0.05) is 13.1 Å². The zero-order valence-corrected chi connectivity index (χ0v) is 10.6. The number of nitrogens with zero attached hydrogens (tertiary/aromatic N) is 1. The molecular formula is C14H20N2O. The summed E-state index contributed by atoms with van der Waals surface area (Å²) in [6.07, 6.45) is 1.02. The molecule has 0 saturated carbocycles. The average molecular weight is 232 g/mol. The minimum absolute atomic E-state index is 0.193. The highest BCUT2D eigenvalue weighted by molar-refractivity contribution is 5.85. The van der Waals surface area contributed by atoms with Crippen molar-refractivity contribution in [1.29, 1.82) is 0 Å². The highest BCUT2D eigenvalue weighted by Gasteiger charge is 2.33. The molecule has 0 radical (unpaired) electrons. The van der Waals surface area contributed by atoms with Gasteiger partial charge >= 0.3 is 0 Å². The summed E-state index contributed by atoms with van der Waals surface area (Å²) in [4.78, 5) is 14.3. The third kappa shape index (κ3) is 2.86. The van der Waals surface area contributed by atoms with Gasteiger partial charge in [-0.2, -0.15) is 0 Å². The molecule has 1 fully saturated rings. The van der Waals surface area contributed by atoms with Crippen LogP contribution in [-0.2, 0) is 11.3 Å². The molecule has 92 valence electrons. The van der Waals surface area contributed by atoms with E-state index in [1.165, 1.54) is 5.56 Å². The summed E-state index contributed by atoms with van der Waals surface area (Å²) in [6, 6.07) is 10.2. The van der Waals surface area contributed by atoms with Crippen LogP contribution in [0.15, 0.2) is 30.3 Å². The maximum atomic E-state index is 12.3. The van der Waals surface area contributed by atoms with Crippen molar-refractivity contribution in [1.82, 2.24) is 10.2 Å². The first-order valence-corrected chi connectivity index (χ1v) is 6.18. The molecule has 0 spiro atoms. The van der Waals surface area contributed by atoms with Gasteiger partial charge in [0.05, 0.1) is 5.54 Å². The number of amides is 1. The summed E-state index contributed by atoms with van der Waals surface area (Å²) in [5, 5.41) is 3.30. The highest BCUT2D eigenvalue weighted by atomic mass is 16.2. The molecule has 0 unspecified atom stereocenters. The Bertz CT molecular complexity index is 386. The summed E-state index contributed by atoms with van der Waals surface area (Å²) in [7, 11) is 0. The fraction of sp³-hybridized carbons (Fsp3) is 0.500. The molecule has 0 atom stereocenters. The predicted molar refractivity (Wildman–Crippen MR) is 68.6 cm³/mol. The molecule has 0 aliphatic carbocycles. The van der Waals surface area contributed by atoms with E-state index in [4.69, 9.17) is 0 Å². The second-order valence-electron chi connectivity index (χ2n) is 5.12. The van der Waals surface area contributed by atoms with Crippen LogP contribution >= 0.6 is 0 Å². The zero-order valence-electron chi connectivity index (χ0n) is 10.6. The third-order valence-corrected chi connectivity index (χ3v) is 3.21. The van der Waals surface area contributed by atoms with E-state index in [0.717, 1.165) is 19.5 Å². The lowest BCUT2D eigenvalue weighted by Gasteiger charge is -2.29. The van der Waals surface area contributed by atoms with Gasteiger partial charge in [-0.3, -0.25) is 4.79 Å². The summed E-state index contributed by atoms with van der Waals surface area (Å²) in [6.45, 7) is 6.37. The van der Waals surface area contributed by atoms with Crippen LogP contribution < -0.4 is 5.32 Å². The van der Waals surface area contributed by atoms with Crippen LogP contribution in [0.2, 0.25) is 0 Å². The standard InChI is InChI=1S/C14H20N2O/c1-14(2)13(17)16(10-6-9-15-14)11-12-7-4-3-5-8-12/h3-5,7-8,15H,6,9-11H2,1-2H3. The monoisotopic (exact) mass is 232 g/mol. The van der Waals surface area contributed by atoms with Crippen LogP contribution in [0.5, 0.6) is 0 Å². The summed E-state index contributed by atoms with van der Waals surface area (Å²) in [5.41, 5.74) is 0.754. The number of benzene rings is 1. The van der Waals surface area contributed by atoms with Crippen molar-refractivity contribution in [3.8, 4) is 0 Å². The van der Waals surface area contributed by atoms with Crippen molar-refractivity contribution in [2.75, 3.05) is 13.1 Å². The Morgan fingerprint density at radius 1 is 1.29 bits per heavy atom. The van der Waals surface area contributed by atoms with E-state index < -0.39 is 5.54 Å². The molecule has 1 heterocycles. The molecule has 1 aliphatic heterocycles. The van der Waals surface area contributed by atoms with E-state index >= 15 is 0 Å². The molecule has 1 aromatic carbocycles. The van der Waals surface area contributed by atoms with Gasteiger partial charge < -0.3 is 10.2 Å². The Morgan fingerprint density at radius 2 is 2.00 bits per heavy atom. The molecular weight excluding hydrogens is 212 g/mol. The molecule has 0 bridgehead atoms. The molecule has 3 nitrogen and oxygen atoms in total. The summed E-state index contributed by atoms with van der Waals surface area (Å²) in [5.74, 6) is 0.193. The quantitative estimate of drug-likeness (QED) is 0.843. The fourth-order valence-corrected chi connectivity index (χ4v) is 2.20. The van der Waals surface area contributed by atoms with Gasteiger partial charge in [0.2, 0.25) is 5.91 Å². The van der Waals surface area contributed by atoms with Crippen molar-refractivity contribution in [3.63, 3.8) is 0 Å². The number of hydrogen-bond donors (Lipinski definition) is 1. The molecule has 17 heavy (non-hydrogen) atoms. The van der Waals surface area contributed by atoms with Gasteiger partial charge in [0.1, 0.15) is 0 Å². The number of carbonyl (C=O) groups is 1. The first-order valence-electron chi connectivity index (χ1n) is 6.18. The lowest BCUT2D eigenvalue weighted by atomic mass is 10.0. The van der Waals surface area contributed by atoms with Gasteiger partial charge in [-0.15, -0.1) is 0 Å². The van der Waals surface area contributed by atoms with E-state index in [1.807, 2.05) is 36.9 Å². The molecule has 2 rings (SSSR count). The van der Waals surface area contributed by atoms with E-state index in [1.54, 1.807) is 0 Å². The Hall–Kier alpha value is -1.35. The molecule has 1 saturated heterocycles. The van der Waals surface area contributed by atoms with Crippen molar-refractivity contribution in [2.45, 2.75) is 32.4 Å². The van der Waals surface area contributed by atoms with Gasteiger partial charge in [0.25, 0.3) is 0 Å². The molecule has 0 aromatic heterocycles. The van der Waals surface area contributed by atoms with Crippen LogP contribution in [-0.4, -0.2) is 29.4 Å². The number of carbonyl (C=O) groups excluding carboxylic acids is 1. The second kappa shape index (κ2) is 4.88. The van der Waals surface area contributed by atoms with Crippen LogP contribution in [0.1, 0.15) is 25.8 Å². The van der Waals surface area contributed by atoms with Crippen molar-refractivity contribution in [2.24, 2.45) is 0 Å². The summed E-state index contributed by atoms with van der Waals surface area (Å²) < 4.78 is 0. The van der Waals surface area contributed by atoms with Gasteiger partial charge in [-0.05, 0) is 32.4 Å². The summed E-state index contributed by atoms with van der Waals surface area (Å²) >= 11 is 0. The minimum Gasteiger partial charge on any atom is -0.337 e. The van der Waals surface area contributed by atoms with Gasteiger partial charge in [-0.25, -0.2) is 0 Å². The fourth-order valence-electron chi connectivity index (χ4n) is 2.20. The zero-order chi connectivity index (χ0) is 12.3. The van der Waals surface area contributed by atoms with E-state index in [-0.39, 0.29) is 5.91 Å². The van der Waals surface area contributed by atoms with E-state index in [0.29, 0.717) is 6.54 Å². The van der Waals surface area contributed by atoms with Crippen molar-refractivity contribution in [3.05, 3.63) is 35.9 Å². The van der Waals surface area contributed by atoms with Crippen LogP contribution in [0.4, 0.5) is 0 Å². The number of rotatable bonds is 2. The number of hydrogen-bond acceptors (Lipinski definition) is 2. The molecule has 1 aromatic rings. The normalized spacial score (nSPS) is 20.1. The first kappa shape index (κ1) is 12.1. The smallest absolute Gasteiger partial charge is 0.242 e. The third-order valence-electron chi connectivity index (χ3n) is 3.21. The maximum absolute atomic E-state index is 12.3. The average Bonchev–Trinajstić information content (AvgIpc) is 2.44. The Balaban J connectivity index is 2.12. The molecule has 1 aliphatic rings. The topological polar surface area (TPSA) is 32.3 Å². The van der Waals surface area contributed by atoms with Crippen LogP contribution in [0.25, 0.3) is 0 Å². The van der Waals surface area contributed by atoms with E-state index in [9.17, 15) is 4.79 Å². The SMILES string of the molecule is CC1(C)NCCCN(Cc2ccccc2)C1=O. The van der Waals surface area contributed by atoms with Crippen molar-refractivity contribution >= 4 is 5.91 Å². The number of nitrogens with one attached hydrogen (secondary N) is 1. The van der Waals surface area contributed by atoms with Gasteiger partial charge in [-0.1, -0.05) is 30.3 Å². The van der Waals surface area contributed by atoms with Crippen LogP contribution in [0.3, 0.4) is 0 Å². The molecule has 1 N–H and O–H groups in total. The van der Waals surface area contributed by atoms with Crippen LogP contribution in [0, 0.1) is 0 Å².